The van der Waals surface area contributed by atoms with E-state index < -0.39 is 10.0 Å². The topological polar surface area (TPSA) is 63.4 Å². The van der Waals surface area contributed by atoms with Gasteiger partial charge in [0.15, 0.2) is 0 Å². The third-order valence-electron chi connectivity index (χ3n) is 4.69. The molecule has 1 aromatic carbocycles. The first-order valence-corrected chi connectivity index (χ1v) is 8.65. The van der Waals surface area contributed by atoms with Crippen molar-refractivity contribution in [3.63, 3.8) is 0 Å². The van der Waals surface area contributed by atoms with Crippen molar-refractivity contribution in [1.29, 1.82) is 0 Å². The molecule has 1 aromatic rings. The smallest absolute Gasteiger partial charge is 0.245 e. The molecule has 0 unspecified atom stereocenters. The second-order valence-corrected chi connectivity index (χ2v) is 7.74. The van der Waals surface area contributed by atoms with Gasteiger partial charge in [-0.1, -0.05) is 19.9 Å². The molecule has 1 aliphatic rings. The van der Waals surface area contributed by atoms with Crippen LogP contribution in [0.3, 0.4) is 0 Å². The molecule has 1 saturated heterocycles. The molecule has 20 heavy (non-hydrogen) atoms. The summed E-state index contributed by atoms with van der Waals surface area (Å²) in [5, 5.41) is 0. The first-order valence-electron chi connectivity index (χ1n) is 7.21. The Kier molecular flexibility index (Phi) is 4.12. The molecule has 0 aromatic heterocycles. The lowest BCUT2D eigenvalue weighted by Crippen LogP contribution is -2.32. The van der Waals surface area contributed by atoms with Crippen LogP contribution in [0.25, 0.3) is 0 Å². The second-order valence-electron chi connectivity index (χ2n) is 5.84. The van der Waals surface area contributed by atoms with E-state index in [-0.39, 0.29) is 10.3 Å². The molecular formula is C15H24N2O2S. The number of aryl methyl sites for hydroxylation is 1. The zero-order valence-electron chi connectivity index (χ0n) is 12.5. The maximum Gasteiger partial charge on any atom is 0.245 e. The Hall–Kier alpha value is -1.07. The fourth-order valence-corrected chi connectivity index (χ4v) is 4.62. The number of hydrogen-bond donors (Lipinski definition) is 1. The number of benzene rings is 1. The van der Waals surface area contributed by atoms with E-state index >= 15 is 0 Å². The first-order chi connectivity index (χ1) is 9.34. The normalized spacial score (nSPS) is 19.4. The number of nitrogen functional groups attached to an aromatic ring is 1. The van der Waals surface area contributed by atoms with Gasteiger partial charge in [0.25, 0.3) is 0 Å². The largest absolute Gasteiger partial charge is 0.398 e. The summed E-state index contributed by atoms with van der Waals surface area (Å²) in [6.45, 7) is 7.38. The van der Waals surface area contributed by atoms with Gasteiger partial charge in [-0.25, -0.2) is 8.42 Å². The van der Waals surface area contributed by atoms with Gasteiger partial charge in [-0.15, -0.1) is 0 Å². The summed E-state index contributed by atoms with van der Waals surface area (Å²) in [5.74, 6) is 0. The van der Waals surface area contributed by atoms with E-state index in [0.717, 1.165) is 24.8 Å². The molecule has 112 valence electrons. The Labute approximate surface area is 122 Å². The summed E-state index contributed by atoms with van der Waals surface area (Å²) in [6, 6.07) is 5.14. The van der Waals surface area contributed by atoms with Gasteiger partial charge in [0.2, 0.25) is 10.0 Å². The Morgan fingerprint density at radius 1 is 1.30 bits per heavy atom. The van der Waals surface area contributed by atoms with Crippen LogP contribution in [-0.2, 0) is 10.0 Å². The van der Waals surface area contributed by atoms with Crippen molar-refractivity contribution >= 4 is 15.7 Å². The van der Waals surface area contributed by atoms with Gasteiger partial charge in [-0.2, -0.15) is 4.31 Å². The Morgan fingerprint density at radius 3 is 2.45 bits per heavy atom. The molecule has 1 fully saturated rings. The van der Waals surface area contributed by atoms with Crippen molar-refractivity contribution in [3.05, 3.63) is 23.8 Å². The van der Waals surface area contributed by atoms with Gasteiger partial charge in [0, 0.05) is 13.1 Å². The standard InChI is InChI=1S/C15H24N2O2S/c1-4-15(5-2)8-9-17(11-15)20(18,19)14-7-6-12(3)10-13(14)16/h6-7,10H,4-5,8-9,11,16H2,1-3H3. The van der Waals surface area contributed by atoms with Gasteiger partial charge in [-0.05, 0) is 49.3 Å². The van der Waals surface area contributed by atoms with E-state index in [2.05, 4.69) is 13.8 Å². The van der Waals surface area contributed by atoms with Crippen molar-refractivity contribution in [3.8, 4) is 0 Å². The molecule has 2 rings (SSSR count). The van der Waals surface area contributed by atoms with Crippen LogP contribution in [0, 0.1) is 12.3 Å². The Bertz CT molecular complexity index is 592. The highest BCUT2D eigenvalue weighted by atomic mass is 32.2. The number of nitrogens with zero attached hydrogens (tertiary/aromatic N) is 1. The van der Waals surface area contributed by atoms with Gasteiger partial charge >= 0.3 is 0 Å². The van der Waals surface area contributed by atoms with Crippen molar-refractivity contribution in [1.82, 2.24) is 4.31 Å². The van der Waals surface area contributed by atoms with Crippen LogP contribution >= 0.6 is 0 Å². The number of nitrogens with two attached hydrogens (primary N) is 1. The average Bonchev–Trinajstić information content (AvgIpc) is 2.84. The third kappa shape index (κ3) is 2.56. The highest BCUT2D eigenvalue weighted by molar-refractivity contribution is 7.89. The highest BCUT2D eigenvalue weighted by Crippen LogP contribution is 2.39. The molecule has 0 amide bonds. The lowest BCUT2D eigenvalue weighted by atomic mass is 9.82. The molecule has 0 aliphatic carbocycles. The maximum absolute atomic E-state index is 12.7. The zero-order chi connectivity index (χ0) is 15.0. The Morgan fingerprint density at radius 2 is 1.95 bits per heavy atom. The molecule has 1 aliphatic heterocycles. The quantitative estimate of drug-likeness (QED) is 0.869. The molecule has 2 N–H and O–H groups in total. The predicted molar refractivity (Wildman–Crippen MR) is 82.0 cm³/mol. The zero-order valence-corrected chi connectivity index (χ0v) is 13.3. The van der Waals surface area contributed by atoms with E-state index in [1.165, 1.54) is 0 Å². The molecule has 5 heteroatoms. The van der Waals surface area contributed by atoms with Gasteiger partial charge in [0.1, 0.15) is 4.90 Å². The summed E-state index contributed by atoms with van der Waals surface area (Å²) in [4.78, 5) is 0.242. The summed E-state index contributed by atoms with van der Waals surface area (Å²) >= 11 is 0. The van der Waals surface area contributed by atoms with Crippen LogP contribution in [0.4, 0.5) is 5.69 Å². The van der Waals surface area contributed by atoms with Crippen LogP contribution in [0.1, 0.15) is 38.7 Å². The molecule has 0 spiro atoms. The number of rotatable bonds is 4. The fraction of sp³-hybridized carbons (Fsp3) is 0.600. The summed E-state index contributed by atoms with van der Waals surface area (Å²) in [5.41, 5.74) is 7.35. The first kappa shape index (κ1) is 15.3. The number of hydrogen-bond acceptors (Lipinski definition) is 3. The lowest BCUT2D eigenvalue weighted by molar-refractivity contribution is 0.279. The molecule has 4 nitrogen and oxygen atoms in total. The van der Waals surface area contributed by atoms with E-state index in [9.17, 15) is 8.42 Å². The fourth-order valence-electron chi connectivity index (χ4n) is 2.97. The summed E-state index contributed by atoms with van der Waals surface area (Å²) in [6.07, 6.45) is 2.96. The molecular weight excluding hydrogens is 272 g/mol. The minimum Gasteiger partial charge on any atom is -0.398 e. The average molecular weight is 296 g/mol. The third-order valence-corrected chi connectivity index (χ3v) is 6.61. The number of sulfonamides is 1. The second kappa shape index (κ2) is 5.37. The molecule has 1 heterocycles. The number of anilines is 1. The van der Waals surface area contributed by atoms with Gasteiger partial charge in [-0.3, -0.25) is 0 Å². The summed E-state index contributed by atoms with van der Waals surface area (Å²) in [7, 11) is -3.47. The molecule has 0 atom stereocenters. The minimum absolute atomic E-state index is 0.131. The van der Waals surface area contributed by atoms with Crippen molar-refractivity contribution < 1.29 is 8.42 Å². The lowest BCUT2D eigenvalue weighted by Gasteiger charge is -2.26. The van der Waals surface area contributed by atoms with E-state index in [1.54, 1.807) is 22.5 Å². The molecule has 0 radical (unpaired) electrons. The van der Waals surface area contributed by atoms with Gasteiger partial charge in [0.05, 0.1) is 5.69 Å². The van der Waals surface area contributed by atoms with Crippen LogP contribution in [-0.4, -0.2) is 25.8 Å². The Balaban J connectivity index is 2.33. The predicted octanol–water partition coefficient (Wildman–Crippen LogP) is 2.78. The van der Waals surface area contributed by atoms with Crippen LogP contribution in [0.5, 0.6) is 0 Å². The van der Waals surface area contributed by atoms with Crippen molar-refractivity contribution in [2.75, 3.05) is 18.8 Å². The summed E-state index contributed by atoms with van der Waals surface area (Å²) < 4.78 is 27.1. The maximum atomic E-state index is 12.7. The SMILES string of the molecule is CCC1(CC)CCN(S(=O)(=O)c2ccc(C)cc2N)C1. The van der Waals surface area contributed by atoms with E-state index in [0.29, 0.717) is 18.8 Å². The monoisotopic (exact) mass is 296 g/mol. The molecule has 0 bridgehead atoms. The van der Waals surface area contributed by atoms with E-state index in [4.69, 9.17) is 5.73 Å². The molecule has 0 saturated carbocycles. The highest BCUT2D eigenvalue weighted by Gasteiger charge is 2.41. The van der Waals surface area contributed by atoms with Gasteiger partial charge < -0.3 is 5.73 Å². The van der Waals surface area contributed by atoms with Crippen molar-refractivity contribution in [2.24, 2.45) is 5.41 Å². The van der Waals surface area contributed by atoms with E-state index in [1.807, 2.05) is 6.92 Å². The van der Waals surface area contributed by atoms with Crippen LogP contribution in [0.2, 0.25) is 0 Å². The van der Waals surface area contributed by atoms with Crippen molar-refractivity contribution in [2.45, 2.75) is 44.9 Å². The minimum atomic E-state index is -3.47. The van der Waals surface area contributed by atoms with Crippen LogP contribution in [0.15, 0.2) is 23.1 Å². The van der Waals surface area contributed by atoms with Crippen LogP contribution < -0.4 is 5.73 Å².